The Kier molecular flexibility index (Phi) is 2.99. The lowest BCUT2D eigenvalue weighted by Gasteiger charge is -2.09. The van der Waals surface area contributed by atoms with Gasteiger partial charge in [0.25, 0.3) is 0 Å². The lowest BCUT2D eigenvalue weighted by molar-refractivity contribution is 0.480. The number of benzene rings is 2. The van der Waals surface area contributed by atoms with E-state index in [4.69, 9.17) is 4.74 Å². The SMILES string of the molecule is Brc1c(Oc2ccncc2)ccc2ccccc12. The fourth-order valence-electron chi connectivity index (χ4n) is 1.83. The number of hydrogen-bond donors (Lipinski definition) is 0. The molecule has 0 saturated carbocycles. The maximum absolute atomic E-state index is 5.83. The number of fused-ring (bicyclic) bond motifs is 1. The van der Waals surface area contributed by atoms with E-state index in [0.717, 1.165) is 21.4 Å². The van der Waals surface area contributed by atoms with Crippen LogP contribution in [0.5, 0.6) is 11.5 Å². The molecule has 0 amide bonds. The van der Waals surface area contributed by atoms with Crippen LogP contribution in [0.15, 0.2) is 65.4 Å². The van der Waals surface area contributed by atoms with Gasteiger partial charge in [-0.25, -0.2) is 0 Å². The minimum Gasteiger partial charge on any atom is -0.456 e. The van der Waals surface area contributed by atoms with Crippen molar-refractivity contribution in [3.8, 4) is 11.5 Å². The minimum atomic E-state index is 0.779. The van der Waals surface area contributed by atoms with Gasteiger partial charge in [-0.3, -0.25) is 4.98 Å². The molecule has 0 aliphatic heterocycles. The summed E-state index contributed by atoms with van der Waals surface area (Å²) in [6.45, 7) is 0. The van der Waals surface area contributed by atoms with Crippen molar-refractivity contribution in [2.45, 2.75) is 0 Å². The quantitative estimate of drug-likeness (QED) is 0.679. The molecule has 0 atom stereocenters. The summed E-state index contributed by atoms with van der Waals surface area (Å²) in [7, 11) is 0. The van der Waals surface area contributed by atoms with Crippen molar-refractivity contribution in [2.24, 2.45) is 0 Å². The number of aromatic nitrogens is 1. The third-order valence-electron chi connectivity index (χ3n) is 2.71. The van der Waals surface area contributed by atoms with Crippen LogP contribution in [0.25, 0.3) is 10.8 Å². The molecule has 0 fully saturated rings. The minimum absolute atomic E-state index is 0.779. The first-order valence-corrected chi connectivity index (χ1v) is 6.39. The largest absolute Gasteiger partial charge is 0.456 e. The van der Waals surface area contributed by atoms with Crippen molar-refractivity contribution < 1.29 is 4.74 Å². The van der Waals surface area contributed by atoms with Gasteiger partial charge in [-0.1, -0.05) is 30.3 Å². The maximum Gasteiger partial charge on any atom is 0.142 e. The molecule has 0 bridgehead atoms. The molecule has 3 heteroatoms. The van der Waals surface area contributed by atoms with E-state index in [0.29, 0.717) is 0 Å². The van der Waals surface area contributed by atoms with Gasteiger partial charge < -0.3 is 4.74 Å². The first-order valence-electron chi connectivity index (χ1n) is 5.60. The fourth-order valence-corrected chi connectivity index (χ4v) is 2.40. The zero-order valence-electron chi connectivity index (χ0n) is 9.51. The van der Waals surface area contributed by atoms with Crippen molar-refractivity contribution >= 4 is 26.7 Å². The van der Waals surface area contributed by atoms with E-state index < -0.39 is 0 Å². The molecule has 0 aliphatic carbocycles. The second-order valence-corrected chi connectivity index (χ2v) is 4.68. The molecular formula is C15H10BrNO. The normalized spacial score (nSPS) is 10.5. The number of pyridine rings is 1. The van der Waals surface area contributed by atoms with Crippen LogP contribution in [-0.2, 0) is 0 Å². The summed E-state index contributed by atoms with van der Waals surface area (Å²) in [6, 6.07) is 15.9. The Balaban J connectivity index is 2.05. The fraction of sp³-hybridized carbons (Fsp3) is 0. The van der Waals surface area contributed by atoms with E-state index in [-0.39, 0.29) is 0 Å². The van der Waals surface area contributed by atoms with Gasteiger partial charge in [0.05, 0.1) is 4.47 Å². The Morgan fingerprint density at radius 1 is 0.889 bits per heavy atom. The zero-order chi connectivity index (χ0) is 12.4. The highest BCUT2D eigenvalue weighted by molar-refractivity contribution is 9.10. The van der Waals surface area contributed by atoms with E-state index >= 15 is 0 Å². The highest BCUT2D eigenvalue weighted by Gasteiger charge is 2.06. The van der Waals surface area contributed by atoms with E-state index in [1.54, 1.807) is 12.4 Å². The molecule has 0 aliphatic rings. The van der Waals surface area contributed by atoms with Crippen molar-refractivity contribution in [3.05, 3.63) is 65.4 Å². The van der Waals surface area contributed by atoms with E-state index in [9.17, 15) is 0 Å². The molecule has 18 heavy (non-hydrogen) atoms. The third kappa shape index (κ3) is 2.09. The number of ether oxygens (including phenoxy) is 1. The number of nitrogens with zero attached hydrogens (tertiary/aromatic N) is 1. The maximum atomic E-state index is 5.83. The highest BCUT2D eigenvalue weighted by Crippen LogP contribution is 2.35. The second-order valence-electron chi connectivity index (χ2n) is 3.88. The van der Waals surface area contributed by atoms with Gasteiger partial charge in [-0.2, -0.15) is 0 Å². The van der Waals surface area contributed by atoms with Crippen LogP contribution in [0.2, 0.25) is 0 Å². The smallest absolute Gasteiger partial charge is 0.142 e. The molecule has 1 heterocycles. The van der Waals surface area contributed by atoms with Crippen LogP contribution in [0.1, 0.15) is 0 Å². The standard InChI is InChI=1S/C15H10BrNO/c16-15-13-4-2-1-3-11(13)5-6-14(15)18-12-7-9-17-10-8-12/h1-10H. The molecule has 88 valence electrons. The van der Waals surface area contributed by atoms with E-state index in [2.05, 4.69) is 39.1 Å². The summed E-state index contributed by atoms with van der Waals surface area (Å²) < 4.78 is 6.80. The van der Waals surface area contributed by atoms with Gasteiger partial charge in [0.2, 0.25) is 0 Å². The highest BCUT2D eigenvalue weighted by atomic mass is 79.9. The molecule has 0 unspecified atom stereocenters. The van der Waals surface area contributed by atoms with Gasteiger partial charge in [0.1, 0.15) is 11.5 Å². The monoisotopic (exact) mass is 299 g/mol. The first-order chi connectivity index (χ1) is 8.84. The number of hydrogen-bond acceptors (Lipinski definition) is 2. The molecule has 2 nitrogen and oxygen atoms in total. The molecule has 0 N–H and O–H groups in total. The second kappa shape index (κ2) is 4.78. The van der Waals surface area contributed by atoms with Crippen molar-refractivity contribution in [3.63, 3.8) is 0 Å². The van der Waals surface area contributed by atoms with Crippen LogP contribution in [-0.4, -0.2) is 4.98 Å². The molecule has 2 aromatic carbocycles. The predicted molar refractivity (Wildman–Crippen MR) is 76.0 cm³/mol. The Morgan fingerprint density at radius 3 is 2.50 bits per heavy atom. The molecule has 3 aromatic rings. The molecule has 0 radical (unpaired) electrons. The van der Waals surface area contributed by atoms with Gasteiger partial charge >= 0.3 is 0 Å². The van der Waals surface area contributed by atoms with Crippen molar-refractivity contribution in [2.75, 3.05) is 0 Å². The van der Waals surface area contributed by atoms with Crippen molar-refractivity contribution in [1.82, 2.24) is 4.98 Å². The van der Waals surface area contributed by atoms with E-state index in [1.165, 1.54) is 5.39 Å². The third-order valence-corrected chi connectivity index (χ3v) is 3.52. The Labute approximate surface area is 113 Å². The van der Waals surface area contributed by atoms with Crippen molar-refractivity contribution in [1.29, 1.82) is 0 Å². The summed E-state index contributed by atoms with van der Waals surface area (Å²) >= 11 is 3.60. The summed E-state index contributed by atoms with van der Waals surface area (Å²) in [5.74, 6) is 1.58. The lowest BCUT2D eigenvalue weighted by atomic mass is 10.1. The lowest BCUT2D eigenvalue weighted by Crippen LogP contribution is -1.86. The average Bonchev–Trinajstić information content (AvgIpc) is 2.43. The summed E-state index contributed by atoms with van der Waals surface area (Å²) in [6.07, 6.45) is 3.43. The molecular weight excluding hydrogens is 290 g/mol. The van der Waals surface area contributed by atoms with Crippen LogP contribution in [0, 0.1) is 0 Å². The summed E-state index contributed by atoms with van der Waals surface area (Å²) in [4.78, 5) is 3.97. The molecule has 0 saturated heterocycles. The number of halogens is 1. The van der Waals surface area contributed by atoms with Crippen LogP contribution in [0.3, 0.4) is 0 Å². The number of rotatable bonds is 2. The average molecular weight is 300 g/mol. The van der Waals surface area contributed by atoms with Gasteiger partial charge in [0.15, 0.2) is 0 Å². The van der Waals surface area contributed by atoms with Crippen LogP contribution in [0.4, 0.5) is 0 Å². The van der Waals surface area contributed by atoms with Gasteiger partial charge in [0, 0.05) is 12.4 Å². The predicted octanol–water partition coefficient (Wildman–Crippen LogP) is 4.79. The van der Waals surface area contributed by atoms with Crippen LogP contribution < -0.4 is 4.74 Å². The van der Waals surface area contributed by atoms with Gasteiger partial charge in [-0.05, 0) is 44.9 Å². The Bertz CT molecular complexity index is 682. The first kappa shape index (κ1) is 11.2. The topological polar surface area (TPSA) is 22.1 Å². The molecule has 1 aromatic heterocycles. The van der Waals surface area contributed by atoms with Gasteiger partial charge in [-0.15, -0.1) is 0 Å². The molecule has 3 rings (SSSR count). The summed E-state index contributed by atoms with van der Waals surface area (Å²) in [5, 5.41) is 2.33. The van der Waals surface area contributed by atoms with E-state index in [1.807, 2.05) is 30.3 Å². The zero-order valence-corrected chi connectivity index (χ0v) is 11.1. The van der Waals surface area contributed by atoms with Crippen LogP contribution >= 0.6 is 15.9 Å². The Morgan fingerprint density at radius 2 is 1.67 bits per heavy atom. The molecule has 0 spiro atoms. The Hall–Kier alpha value is -1.87. The summed E-state index contributed by atoms with van der Waals surface area (Å²) in [5.41, 5.74) is 0.